The third-order valence-corrected chi connectivity index (χ3v) is 9.94. The summed E-state index contributed by atoms with van der Waals surface area (Å²) in [5.74, 6) is -0.308. The monoisotopic (exact) mass is 625 g/mol. The van der Waals surface area contributed by atoms with Gasteiger partial charge in [0.25, 0.3) is 10.0 Å². The molecule has 4 rings (SSSR count). The molecule has 0 spiro atoms. The van der Waals surface area contributed by atoms with Gasteiger partial charge in [-0.05, 0) is 61.6 Å². The molecule has 10 heteroatoms. The first-order valence-electron chi connectivity index (χ1n) is 14.8. The number of nitrogens with one attached hydrogen (secondary N) is 1. The van der Waals surface area contributed by atoms with Crippen LogP contribution in [0.25, 0.3) is 0 Å². The molecule has 0 heterocycles. The van der Waals surface area contributed by atoms with Crippen LogP contribution in [0.2, 0.25) is 5.02 Å². The number of anilines is 1. The molecule has 43 heavy (non-hydrogen) atoms. The van der Waals surface area contributed by atoms with Crippen molar-refractivity contribution in [3.8, 4) is 5.75 Å². The molecule has 1 aliphatic carbocycles. The van der Waals surface area contributed by atoms with E-state index >= 15 is 0 Å². The van der Waals surface area contributed by atoms with Gasteiger partial charge < -0.3 is 15.0 Å². The van der Waals surface area contributed by atoms with Crippen molar-refractivity contribution in [1.82, 2.24) is 10.2 Å². The van der Waals surface area contributed by atoms with Crippen LogP contribution in [0.5, 0.6) is 5.75 Å². The molecule has 3 aromatic carbocycles. The zero-order valence-electron chi connectivity index (χ0n) is 24.7. The van der Waals surface area contributed by atoms with Crippen molar-refractivity contribution in [3.05, 3.63) is 89.4 Å². The molecule has 0 saturated heterocycles. The van der Waals surface area contributed by atoms with Crippen LogP contribution in [-0.4, -0.2) is 57.4 Å². The molecule has 1 aliphatic rings. The van der Waals surface area contributed by atoms with Gasteiger partial charge in [-0.15, -0.1) is 0 Å². The Labute approximate surface area is 260 Å². The lowest BCUT2D eigenvalue weighted by Gasteiger charge is -2.34. The van der Waals surface area contributed by atoms with Gasteiger partial charge in [-0.3, -0.25) is 13.9 Å². The Morgan fingerprint density at radius 2 is 1.63 bits per heavy atom. The van der Waals surface area contributed by atoms with Crippen molar-refractivity contribution in [2.75, 3.05) is 24.5 Å². The van der Waals surface area contributed by atoms with Gasteiger partial charge >= 0.3 is 0 Å². The summed E-state index contributed by atoms with van der Waals surface area (Å²) in [4.78, 5) is 29.4. The van der Waals surface area contributed by atoms with Gasteiger partial charge in [-0.2, -0.15) is 0 Å². The van der Waals surface area contributed by atoms with Crippen LogP contribution in [-0.2, 0) is 26.0 Å². The number of carbonyl (C=O) groups excluding carboxylic acids is 2. The fraction of sp³-hybridized carbons (Fsp3) is 0.394. The third-order valence-electron chi connectivity index (χ3n) is 7.86. The minimum absolute atomic E-state index is 0.0349. The number of amides is 2. The summed E-state index contributed by atoms with van der Waals surface area (Å²) in [6, 6.07) is 21.6. The third kappa shape index (κ3) is 8.30. The summed E-state index contributed by atoms with van der Waals surface area (Å²) in [5, 5.41) is 3.38. The Balaban J connectivity index is 1.68. The number of ether oxygens (including phenoxy) is 1. The molecule has 1 saturated carbocycles. The summed E-state index contributed by atoms with van der Waals surface area (Å²) in [6.07, 6.45) is 6.03. The van der Waals surface area contributed by atoms with Crippen LogP contribution in [0.4, 0.5) is 5.69 Å². The molecule has 230 valence electrons. The number of benzene rings is 3. The van der Waals surface area contributed by atoms with Crippen LogP contribution >= 0.6 is 11.6 Å². The molecule has 0 aromatic heterocycles. The second-order valence-electron chi connectivity index (χ2n) is 10.7. The zero-order chi connectivity index (χ0) is 30.8. The topological polar surface area (TPSA) is 96.0 Å². The van der Waals surface area contributed by atoms with Gasteiger partial charge in [0.15, 0.2) is 0 Å². The van der Waals surface area contributed by atoms with Gasteiger partial charge in [0.2, 0.25) is 11.8 Å². The predicted octanol–water partition coefficient (Wildman–Crippen LogP) is 5.84. The number of nitrogens with zero attached hydrogens (tertiary/aromatic N) is 2. The van der Waals surface area contributed by atoms with E-state index in [1.165, 1.54) is 30.2 Å². The number of hydrogen-bond donors (Lipinski definition) is 1. The number of sulfonamides is 1. The average Bonchev–Trinajstić information content (AvgIpc) is 3.03. The Kier molecular flexibility index (Phi) is 11.5. The maximum atomic E-state index is 14.2. The van der Waals surface area contributed by atoms with Gasteiger partial charge in [0, 0.05) is 12.6 Å². The first kappa shape index (κ1) is 32.4. The van der Waals surface area contributed by atoms with E-state index in [1.54, 1.807) is 30.3 Å². The van der Waals surface area contributed by atoms with Gasteiger partial charge in [-0.25, -0.2) is 8.42 Å². The van der Waals surface area contributed by atoms with Crippen LogP contribution in [0.15, 0.2) is 83.8 Å². The number of hydrogen-bond acceptors (Lipinski definition) is 5. The van der Waals surface area contributed by atoms with Crippen LogP contribution < -0.4 is 14.4 Å². The second kappa shape index (κ2) is 15.3. The highest BCUT2D eigenvalue weighted by Gasteiger charge is 2.34. The average molecular weight is 626 g/mol. The van der Waals surface area contributed by atoms with Gasteiger partial charge in [0.1, 0.15) is 18.3 Å². The summed E-state index contributed by atoms with van der Waals surface area (Å²) >= 11 is 6.40. The van der Waals surface area contributed by atoms with Crippen molar-refractivity contribution in [1.29, 1.82) is 0 Å². The van der Waals surface area contributed by atoms with Crippen molar-refractivity contribution in [2.24, 2.45) is 0 Å². The summed E-state index contributed by atoms with van der Waals surface area (Å²) in [6.45, 7) is 1.61. The maximum absolute atomic E-state index is 14.2. The highest BCUT2D eigenvalue weighted by atomic mass is 35.5. The van der Waals surface area contributed by atoms with E-state index in [0.29, 0.717) is 18.6 Å². The Hall–Kier alpha value is -3.56. The molecular weight excluding hydrogens is 586 g/mol. The molecule has 0 aliphatic heterocycles. The quantitative estimate of drug-likeness (QED) is 0.257. The van der Waals surface area contributed by atoms with E-state index in [4.69, 9.17) is 16.3 Å². The molecule has 3 aromatic rings. The number of halogens is 1. The van der Waals surface area contributed by atoms with E-state index in [9.17, 15) is 18.0 Å². The van der Waals surface area contributed by atoms with Crippen LogP contribution in [0.1, 0.15) is 51.0 Å². The fourth-order valence-corrected chi connectivity index (χ4v) is 7.18. The smallest absolute Gasteiger partial charge is 0.264 e. The lowest BCUT2D eigenvalue weighted by molar-refractivity contribution is -0.140. The Bertz CT molecular complexity index is 1460. The molecule has 0 bridgehead atoms. The van der Waals surface area contributed by atoms with Gasteiger partial charge in [0.05, 0.1) is 22.7 Å². The van der Waals surface area contributed by atoms with Crippen molar-refractivity contribution in [2.45, 2.75) is 68.8 Å². The Morgan fingerprint density at radius 3 is 2.23 bits per heavy atom. The van der Waals surface area contributed by atoms with Crippen molar-refractivity contribution >= 4 is 39.1 Å². The van der Waals surface area contributed by atoms with Crippen LogP contribution in [0.3, 0.4) is 0 Å². The minimum atomic E-state index is -4.18. The molecule has 1 atom stereocenters. The first-order chi connectivity index (χ1) is 20.7. The predicted molar refractivity (Wildman–Crippen MR) is 170 cm³/mol. The van der Waals surface area contributed by atoms with Gasteiger partial charge in [-0.1, -0.05) is 86.3 Å². The minimum Gasteiger partial charge on any atom is -0.495 e. The largest absolute Gasteiger partial charge is 0.495 e. The summed E-state index contributed by atoms with van der Waals surface area (Å²) in [5.41, 5.74) is 1.23. The highest BCUT2D eigenvalue weighted by molar-refractivity contribution is 7.92. The number of rotatable bonds is 13. The highest BCUT2D eigenvalue weighted by Crippen LogP contribution is 2.32. The lowest BCUT2D eigenvalue weighted by Crippen LogP contribution is -2.54. The molecule has 1 unspecified atom stereocenters. The van der Waals surface area contributed by atoms with Crippen molar-refractivity contribution in [3.63, 3.8) is 0 Å². The number of carbonyl (C=O) groups is 2. The zero-order valence-corrected chi connectivity index (χ0v) is 26.3. The SMILES string of the molecule is CCC(C(=O)NC1CCCCC1)N(CCc1ccccc1)C(=O)CN(c1ccc(OC)c(Cl)c1)S(=O)(=O)c1ccccc1. The van der Waals surface area contributed by atoms with E-state index in [0.717, 1.165) is 42.0 Å². The maximum Gasteiger partial charge on any atom is 0.264 e. The molecule has 8 nitrogen and oxygen atoms in total. The lowest BCUT2D eigenvalue weighted by atomic mass is 9.95. The fourth-order valence-electron chi connectivity index (χ4n) is 5.50. The second-order valence-corrected chi connectivity index (χ2v) is 13.0. The normalized spacial score (nSPS) is 14.5. The number of methoxy groups -OCH3 is 1. The van der Waals surface area contributed by atoms with E-state index in [2.05, 4.69) is 5.32 Å². The Morgan fingerprint density at radius 1 is 0.977 bits per heavy atom. The van der Waals surface area contributed by atoms with E-state index < -0.39 is 28.5 Å². The summed E-state index contributed by atoms with van der Waals surface area (Å²) < 4.78 is 34.3. The first-order valence-corrected chi connectivity index (χ1v) is 16.6. The molecule has 0 radical (unpaired) electrons. The van der Waals surface area contributed by atoms with E-state index in [-0.39, 0.29) is 34.1 Å². The van der Waals surface area contributed by atoms with Crippen molar-refractivity contribution < 1.29 is 22.7 Å². The molecular formula is C33H40ClN3O5S. The standard InChI is InChI=1S/C33H40ClN3O5S/c1-3-30(33(39)35-26-15-9-5-10-16-26)36(22-21-25-13-7-4-8-14-25)32(38)24-37(27-19-20-31(42-2)29(34)23-27)43(40,41)28-17-11-6-12-18-28/h4,6-8,11-14,17-20,23,26,30H,3,5,9-10,15-16,21-22,24H2,1-2H3,(H,35,39). The molecule has 1 N–H and O–H groups in total. The van der Waals surface area contributed by atoms with E-state index in [1.807, 2.05) is 37.3 Å². The molecule has 2 amide bonds. The molecule has 1 fully saturated rings. The summed E-state index contributed by atoms with van der Waals surface area (Å²) in [7, 11) is -2.71. The van der Waals surface area contributed by atoms with Crippen LogP contribution in [0, 0.1) is 0 Å².